The summed E-state index contributed by atoms with van der Waals surface area (Å²) in [6, 6.07) is 15.0. The van der Waals surface area contributed by atoms with Gasteiger partial charge in [0, 0.05) is 12.4 Å². The van der Waals surface area contributed by atoms with Crippen molar-refractivity contribution in [3.05, 3.63) is 89.2 Å². The summed E-state index contributed by atoms with van der Waals surface area (Å²) in [5, 5.41) is 9.43. The predicted octanol–water partition coefficient (Wildman–Crippen LogP) is 3.24. The van der Waals surface area contributed by atoms with Crippen molar-refractivity contribution in [2.45, 2.75) is 6.54 Å². The molecule has 0 unspecified atom stereocenters. The van der Waals surface area contributed by atoms with E-state index in [1.54, 1.807) is 60.9 Å². The number of pyridine rings is 1. The second-order valence-electron chi connectivity index (χ2n) is 6.20. The number of amides is 2. The van der Waals surface area contributed by atoms with E-state index in [9.17, 15) is 19.5 Å². The molecule has 2 amide bonds. The second-order valence-corrected chi connectivity index (χ2v) is 6.20. The zero-order valence-electron chi connectivity index (χ0n) is 14.1. The van der Waals surface area contributed by atoms with Gasteiger partial charge in [-0.2, -0.15) is 0 Å². The Balaban J connectivity index is 1.72. The van der Waals surface area contributed by atoms with Gasteiger partial charge >= 0.3 is 5.97 Å². The number of carboxylic acids is 1. The SMILES string of the molecule is O=C(O)c1cc(CN2C(=O)c3ccccc3C2=O)cc(-c2ccncc2)c1. The second kappa shape index (κ2) is 6.49. The molecular weight excluding hydrogens is 344 g/mol. The number of carbonyl (C=O) groups excluding carboxylic acids is 2. The number of carbonyl (C=O) groups is 3. The van der Waals surface area contributed by atoms with Crippen molar-refractivity contribution in [3.63, 3.8) is 0 Å². The molecule has 0 radical (unpaired) electrons. The third kappa shape index (κ3) is 2.97. The summed E-state index contributed by atoms with van der Waals surface area (Å²) >= 11 is 0. The topological polar surface area (TPSA) is 87.6 Å². The van der Waals surface area contributed by atoms with Crippen molar-refractivity contribution in [2.75, 3.05) is 0 Å². The van der Waals surface area contributed by atoms with Crippen LogP contribution in [0.25, 0.3) is 11.1 Å². The standard InChI is InChI=1S/C21H14N2O4/c24-19-17-3-1-2-4-18(17)20(25)23(19)12-13-9-15(11-16(10-13)21(26)27)14-5-7-22-8-6-14/h1-11H,12H2,(H,26,27). The van der Waals surface area contributed by atoms with E-state index in [2.05, 4.69) is 4.98 Å². The fourth-order valence-electron chi connectivity index (χ4n) is 3.18. The number of aromatic carboxylic acids is 1. The highest BCUT2D eigenvalue weighted by Crippen LogP contribution is 2.27. The molecule has 6 nitrogen and oxygen atoms in total. The highest BCUT2D eigenvalue weighted by molar-refractivity contribution is 6.21. The summed E-state index contributed by atoms with van der Waals surface area (Å²) in [6.07, 6.45) is 3.24. The smallest absolute Gasteiger partial charge is 0.335 e. The van der Waals surface area contributed by atoms with E-state index in [1.807, 2.05) is 0 Å². The van der Waals surface area contributed by atoms with Crippen LogP contribution in [0.2, 0.25) is 0 Å². The molecule has 4 rings (SSSR count). The van der Waals surface area contributed by atoms with E-state index in [0.29, 0.717) is 22.3 Å². The minimum Gasteiger partial charge on any atom is -0.478 e. The molecule has 0 atom stereocenters. The number of benzene rings is 2. The van der Waals surface area contributed by atoms with E-state index < -0.39 is 5.97 Å². The van der Waals surface area contributed by atoms with Gasteiger partial charge in [-0.3, -0.25) is 19.5 Å². The number of hydrogen-bond acceptors (Lipinski definition) is 4. The van der Waals surface area contributed by atoms with Crippen molar-refractivity contribution in [3.8, 4) is 11.1 Å². The molecule has 0 bridgehead atoms. The molecule has 0 spiro atoms. The van der Waals surface area contributed by atoms with Gasteiger partial charge in [0.15, 0.2) is 0 Å². The Morgan fingerprint density at radius 3 is 2.11 bits per heavy atom. The lowest BCUT2D eigenvalue weighted by Gasteiger charge is -2.15. The highest BCUT2D eigenvalue weighted by atomic mass is 16.4. The van der Waals surface area contributed by atoms with Crippen molar-refractivity contribution >= 4 is 17.8 Å². The van der Waals surface area contributed by atoms with Crippen LogP contribution in [0, 0.1) is 0 Å². The Hall–Kier alpha value is -3.80. The van der Waals surface area contributed by atoms with Crippen LogP contribution in [0.15, 0.2) is 67.0 Å². The average Bonchev–Trinajstić information content (AvgIpc) is 2.93. The monoisotopic (exact) mass is 358 g/mol. The number of imide groups is 1. The van der Waals surface area contributed by atoms with Crippen molar-refractivity contribution < 1.29 is 19.5 Å². The largest absolute Gasteiger partial charge is 0.478 e. The van der Waals surface area contributed by atoms with Crippen LogP contribution in [-0.4, -0.2) is 32.8 Å². The fourth-order valence-corrected chi connectivity index (χ4v) is 3.18. The van der Waals surface area contributed by atoms with Crippen molar-refractivity contribution in [2.24, 2.45) is 0 Å². The van der Waals surface area contributed by atoms with Crippen molar-refractivity contribution in [1.82, 2.24) is 9.88 Å². The third-order valence-electron chi connectivity index (χ3n) is 4.47. The molecule has 1 aromatic heterocycles. The minimum atomic E-state index is -1.07. The molecule has 1 aliphatic heterocycles. The lowest BCUT2D eigenvalue weighted by Crippen LogP contribution is -2.29. The number of fused-ring (bicyclic) bond motifs is 1. The van der Waals surface area contributed by atoms with E-state index in [1.165, 1.54) is 6.07 Å². The summed E-state index contributed by atoms with van der Waals surface area (Å²) in [7, 11) is 0. The van der Waals surface area contributed by atoms with Crippen LogP contribution in [0.4, 0.5) is 0 Å². The number of hydrogen-bond donors (Lipinski definition) is 1. The van der Waals surface area contributed by atoms with Crippen LogP contribution < -0.4 is 0 Å². The van der Waals surface area contributed by atoms with Gasteiger partial charge < -0.3 is 5.11 Å². The van der Waals surface area contributed by atoms with Gasteiger partial charge in [-0.05, 0) is 59.2 Å². The lowest BCUT2D eigenvalue weighted by atomic mass is 10.00. The molecule has 0 saturated heterocycles. The van der Waals surface area contributed by atoms with E-state index in [4.69, 9.17) is 0 Å². The van der Waals surface area contributed by atoms with Crippen LogP contribution >= 0.6 is 0 Å². The quantitative estimate of drug-likeness (QED) is 0.724. The Morgan fingerprint density at radius 2 is 1.52 bits per heavy atom. The number of aromatic nitrogens is 1. The maximum Gasteiger partial charge on any atom is 0.335 e. The Labute approximate surface area is 154 Å². The summed E-state index contributed by atoms with van der Waals surface area (Å²) < 4.78 is 0. The Morgan fingerprint density at radius 1 is 0.889 bits per heavy atom. The molecule has 132 valence electrons. The van der Waals surface area contributed by atoms with Gasteiger partial charge in [-0.15, -0.1) is 0 Å². The first-order valence-electron chi connectivity index (χ1n) is 8.27. The van der Waals surface area contributed by atoms with Gasteiger partial charge in [0.2, 0.25) is 0 Å². The molecule has 0 aliphatic carbocycles. The van der Waals surface area contributed by atoms with E-state index >= 15 is 0 Å². The normalized spacial score (nSPS) is 13.0. The Bertz CT molecular complexity index is 1040. The number of rotatable bonds is 4. The summed E-state index contributed by atoms with van der Waals surface area (Å²) in [5.41, 5.74) is 2.88. The number of carboxylic acid groups (broad SMARTS) is 1. The molecule has 3 aromatic rings. The van der Waals surface area contributed by atoms with Crippen molar-refractivity contribution in [1.29, 1.82) is 0 Å². The lowest BCUT2D eigenvalue weighted by molar-refractivity contribution is 0.0641. The molecule has 1 aliphatic rings. The van der Waals surface area contributed by atoms with Crippen LogP contribution in [-0.2, 0) is 6.54 Å². The molecular formula is C21H14N2O4. The highest BCUT2D eigenvalue weighted by Gasteiger charge is 2.35. The van der Waals surface area contributed by atoms with Gasteiger partial charge in [0.05, 0.1) is 23.2 Å². The third-order valence-corrected chi connectivity index (χ3v) is 4.47. The van der Waals surface area contributed by atoms with Crippen LogP contribution in [0.1, 0.15) is 36.6 Å². The molecule has 27 heavy (non-hydrogen) atoms. The summed E-state index contributed by atoms with van der Waals surface area (Å²) in [5.74, 6) is -1.82. The Kier molecular flexibility index (Phi) is 4.01. The van der Waals surface area contributed by atoms with Crippen LogP contribution in [0.5, 0.6) is 0 Å². The summed E-state index contributed by atoms with van der Waals surface area (Å²) in [4.78, 5) is 41.8. The predicted molar refractivity (Wildman–Crippen MR) is 97.3 cm³/mol. The maximum absolute atomic E-state index is 12.6. The van der Waals surface area contributed by atoms with E-state index in [0.717, 1.165) is 10.5 Å². The molecule has 0 fully saturated rings. The maximum atomic E-state index is 12.6. The molecule has 1 N–H and O–H groups in total. The zero-order chi connectivity index (χ0) is 19.0. The molecule has 2 aromatic carbocycles. The first-order chi connectivity index (χ1) is 13.0. The first kappa shape index (κ1) is 16.7. The van der Waals surface area contributed by atoms with Gasteiger partial charge in [0.25, 0.3) is 11.8 Å². The summed E-state index contributed by atoms with van der Waals surface area (Å²) in [6.45, 7) is 0.00551. The molecule has 6 heteroatoms. The first-order valence-corrected chi connectivity index (χ1v) is 8.27. The zero-order valence-corrected chi connectivity index (χ0v) is 14.1. The minimum absolute atomic E-state index is 0.00551. The van der Waals surface area contributed by atoms with E-state index in [-0.39, 0.29) is 23.9 Å². The molecule has 0 saturated carbocycles. The average molecular weight is 358 g/mol. The molecule has 2 heterocycles. The van der Waals surface area contributed by atoms with Gasteiger partial charge in [0.1, 0.15) is 0 Å². The fraction of sp³-hybridized carbons (Fsp3) is 0.0476. The van der Waals surface area contributed by atoms with Gasteiger partial charge in [-0.1, -0.05) is 12.1 Å². The van der Waals surface area contributed by atoms with Gasteiger partial charge in [-0.25, -0.2) is 4.79 Å². The number of nitrogens with zero attached hydrogens (tertiary/aromatic N) is 2. The van der Waals surface area contributed by atoms with Crippen LogP contribution in [0.3, 0.4) is 0 Å².